The maximum atomic E-state index is 11.5. The molecule has 72 valence electrons. The zero-order valence-corrected chi connectivity index (χ0v) is 9.72. The largest absolute Gasteiger partial charge is 0.321 e. The molecule has 0 aliphatic carbocycles. The average molecular weight is 207 g/mol. The van der Waals surface area contributed by atoms with E-state index in [0.29, 0.717) is 5.75 Å². The lowest BCUT2D eigenvalue weighted by Crippen LogP contribution is -2.40. The quantitative estimate of drug-likeness (QED) is 0.715. The Morgan fingerprint density at radius 2 is 2.00 bits per heavy atom. The van der Waals surface area contributed by atoms with Gasteiger partial charge in [0.25, 0.3) is 0 Å². The van der Waals surface area contributed by atoms with Gasteiger partial charge in [-0.15, -0.1) is 0 Å². The molecule has 0 aliphatic rings. The van der Waals surface area contributed by atoms with E-state index in [9.17, 15) is 4.79 Å². The van der Waals surface area contributed by atoms with Crippen LogP contribution in [0.5, 0.6) is 0 Å². The van der Waals surface area contributed by atoms with Gasteiger partial charge in [0.15, 0.2) is 5.78 Å². The number of ketones is 1. The van der Waals surface area contributed by atoms with Crippen molar-refractivity contribution < 1.29 is 4.79 Å². The third kappa shape index (κ3) is 4.38. The van der Waals surface area contributed by atoms with Gasteiger partial charge in [-0.1, -0.05) is 42.4 Å². The molecule has 0 saturated carbocycles. The summed E-state index contributed by atoms with van der Waals surface area (Å²) in [4.78, 5) is 11.5. The van der Waals surface area contributed by atoms with Crippen LogP contribution in [0.2, 0.25) is 0 Å². The van der Waals surface area contributed by atoms with Crippen LogP contribution in [0.15, 0.2) is 0 Å². The van der Waals surface area contributed by atoms with Gasteiger partial charge >= 0.3 is 0 Å². The van der Waals surface area contributed by atoms with Gasteiger partial charge in [0, 0.05) is 11.2 Å². The summed E-state index contributed by atoms with van der Waals surface area (Å²) >= 11 is 0. The molecule has 0 unspecified atom stereocenters. The first-order valence-corrected chi connectivity index (χ1v) is 6.58. The molecule has 0 fully saturated rings. The highest BCUT2D eigenvalue weighted by Crippen LogP contribution is 2.21. The minimum absolute atomic E-state index is 0.143. The third-order valence-corrected chi connectivity index (χ3v) is 3.29. The van der Waals surface area contributed by atoms with Gasteiger partial charge in [-0.05, 0) is 6.26 Å². The van der Waals surface area contributed by atoms with Gasteiger partial charge in [0.05, 0.1) is 6.04 Å². The van der Waals surface area contributed by atoms with Crippen LogP contribution >= 0.6 is 21.6 Å². The molecule has 0 spiro atoms. The average Bonchev–Trinajstić information content (AvgIpc) is 1.97. The molecule has 0 amide bonds. The van der Waals surface area contributed by atoms with Crippen molar-refractivity contribution in [2.75, 3.05) is 12.0 Å². The highest BCUT2D eigenvalue weighted by molar-refractivity contribution is 8.76. The fourth-order valence-corrected chi connectivity index (χ4v) is 2.06. The van der Waals surface area contributed by atoms with Crippen LogP contribution in [-0.4, -0.2) is 23.8 Å². The summed E-state index contributed by atoms with van der Waals surface area (Å²) < 4.78 is 0. The van der Waals surface area contributed by atoms with Gasteiger partial charge < -0.3 is 5.73 Å². The third-order valence-electron chi connectivity index (χ3n) is 1.44. The molecule has 0 aliphatic heterocycles. The molecule has 0 saturated heterocycles. The number of Topliss-reactive ketones (excluding diaryl/α,β-unsaturated/α-hetero) is 1. The van der Waals surface area contributed by atoms with E-state index in [-0.39, 0.29) is 17.2 Å². The summed E-state index contributed by atoms with van der Waals surface area (Å²) in [5.41, 5.74) is 5.40. The first kappa shape index (κ1) is 12.3. The van der Waals surface area contributed by atoms with Gasteiger partial charge in [-0.25, -0.2) is 0 Å². The zero-order chi connectivity index (χ0) is 9.78. The van der Waals surface area contributed by atoms with Crippen molar-refractivity contribution in [3.8, 4) is 0 Å². The van der Waals surface area contributed by atoms with Crippen molar-refractivity contribution in [2.24, 2.45) is 11.1 Å². The summed E-state index contributed by atoms with van der Waals surface area (Å²) in [7, 11) is 3.27. The molecule has 2 N–H and O–H groups in total. The van der Waals surface area contributed by atoms with E-state index >= 15 is 0 Å². The summed E-state index contributed by atoms with van der Waals surface area (Å²) in [6.07, 6.45) is 1.99. The lowest BCUT2D eigenvalue weighted by Gasteiger charge is -2.20. The predicted molar refractivity (Wildman–Crippen MR) is 58.4 cm³/mol. The van der Waals surface area contributed by atoms with Crippen molar-refractivity contribution in [2.45, 2.75) is 26.8 Å². The fourth-order valence-electron chi connectivity index (χ4n) is 0.773. The van der Waals surface area contributed by atoms with Crippen molar-refractivity contribution in [1.82, 2.24) is 0 Å². The van der Waals surface area contributed by atoms with E-state index in [1.807, 2.05) is 27.0 Å². The standard InChI is InChI=1S/C8H17NOS2/c1-8(2,3)7(10)6(9)5-12-11-4/h6H,5,9H2,1-4H3/t6-/m0/s1. The summed E-state index contributed by atoms with van der Waals surface area (Å²) in [5.74, 6) is 0.848. The monoisotopic (exact) mass is 207 g/mol. The smallest absolute Gasteiger partial charge is 0.155 e. The van der Waals surface area contributed by atoms with E-state index in [0.717, 1.165) is 0 Å². The van der Waals surface area contributed by atoms with Gasteiger partial charge in [0.2, 0.25) is 0 Å². The molecular formula is C8H17NOS2. The van der Waals surface area contributed by atoms with Crippen LogP contribution in [0.1, 0.15) is 20.8 Å². The molecule has 0 heterocycles. The Morgan fingerprint density at radius 3 is 2.33 bits per heavy atom. The summed E-state index contributed by atoms with van der Waals surface area (Å²) in [6.45, 7) is 5.71. The fraction of sp³-hybridized carbons (Fsp3) is 0.875. The van der Waals surface area contributed by atoms with Crippen LogP contribution in [0, 0.1) is 5.41 Å². The minimum atomic E-state index is -0.317. The second-order valence-electron chi connectivity index (χ2n) is 3.67. The molecule has 0 aromatic heterocycles. The number of hydrogen-bond donors (Lipinski definition) is 1. The topological polar surface area (TPSA) is 43.1 Å². The lowest BCUT2D eigenvalue weighted by atomic mass is 9.87. The van der Waals surface area contributed by atoms with E-state index in [4.69, 9.17) is 5.73 Å². The first-order valence-electron chi connectivity index (χ1n) is 3.85. The number of hydrogen-bond acceptors (Lipinski definition) is 4. The van der Waals surface area contributed by atoms with Crippen LogP contribution < -0.4 is 5.73 Å². The molecular weight excluding hydrogens is 190 g/mol. The normalized spacial score (nSPS) is 14.4. The molecule has 0 bridgehead atoms. The van der Waals surface area contributed by atoms with Gasteiger partial charge in [-0.2, -0.15) is 0 Å². The zero-order valence-electron chi connectivity index (χ0n) is 8.09. The second kappa shape index (κ2) is 5.14. The van der Waals surface area contributed by atoms with E-state index in [1.165, 1.54) is 0 Å². The summed E-state index contributed by atoms with van der Waals surface area (Å²) in [5, 5.41) is 0. The Kier molecular flexibility index (Phi) is 5.29. The molecule has 0 aromatic rings. The number of carbonyl (C=O) groups excluding carboxylic acids is 1. The van der Waals surface area contributed by atoms with Gasteiger partial charge in [0.1, 0.15) is 0 Å². The lowest BCUT2D eigenvalue weighted by molar-refractivity contribution is -0.127. The van der Waals surface area contributed by atoms with Crippen molar-refractivity contribution in [3.05, 3.63) is 0 Å². The Balaban J connectivity index is 3.94. The van der Waals surface area contributed by atoms with Crippen LogP contribution in [-0.2, 0) is 4.79 Å². The molecule has 1 atom stereocenters. The molecule has 12 heavy (non-hydrogen) atoms. The number of rotatable bonds is 4. The SMILES string of the molecule is CSSC[C@H](N)C(=O)C(C)(C)C. The van der Waals surface area contributed by atoms with E-state index in [1.54, 1.807) is 21.6 Å². The molecule has 0 radical (unpaired) electrons. The van der Waals surface area contributed by atoms with Crippen molar-refractivity contribution in [3.63, 3.8) is 0 Å². The Labute approximate surface area is 82.4 Å². The second-order valence-corrected chi connectivity index (χ2v) is 6.28. The van der Waals surface area contributed by atoms with Crippen LogP contribution in [0.4, 0.5) is 0 Å². The summed E-state index contributed by atoms with van der Waals surface area (Å²) in [6, 6.07) is -0.317. The van der Waals surface area contributed by atoms with E-state index < -0.39 is 0 Å². The van der Waals surface area contributed by atoms with E-state index in [2.05, 4.69) is 0 Å². The number of carbonyl (C=O) groups is 1. The highest BCUT2D eigenvalue weighted by Gasteiger charge is 2.26. The van der Waals surface area contributed by atoms with Crippen LogP contribution in [0.25, 0.3) is 0 Å². The molecule has 2 nitrogen and oxygen atoms in total. The van der Waals surface area contributed by atoms with Crippen LogP contribution in [0.3, 0.4) is 0 Å². The molecule has 4 heteroatoms. The van der Waals surface area contributed by atoms with Crippen molar-refractivity contribution >= 4 is 27.4 Å². The Bertz CT molecular complexity index is 154. The maximum Gasteiger partial charge on any atom is 0.155 e. The molecule has 0 aromatic carbocycles. The Hall–Kier alpha value is 0.330. The predicted octanol–water partition coefficient (Wildman–Crippen LogP) is 1.94. The van der Waals surface area contributed by atoms with Crippen molar-refractivity contribution in [1.29, 1.82) is 0 Å². The maximum absolute atomic E-state index is 11.5. The highest BCUT2D eigenvalue weighted by atomic mass is 33.1. The van der Waals surface area contributed by atoms with Gasteiger partial charge in [-0.3, -0.25) is 4.79 Å². The minimum Gasteiger partial charge on any atom is -0.321 e. The number of nitrogens with two attached hydrogens (primary N) is 1. The first-order chi connectivity index (χ1) is 5.39. The molecule has 0 rings (SSSR count). The Morgan fingerprint density at radius 1 is 1.50 bits per heavy atom.